The minimum absolute atomic E-state index is 0.331. The summed E-state index contributed by atoms with van der Waals surface area (Å²) in [4.78, 5) is 18.5. The Morgan fingerprint density at radius 1 is 1.64 bits per heavy atom. The lowest BCUT2D eigenvalue weighted by Crippen LogP contribution is -2.06. The molecule has 2 rings (SSSR count). The van der Waals surface area contributed by atoms with E-state index in [-0.39, 0.29) is 0 Å². The highest BCUT2D eigenvalue weighted by Crippen LogP contribution is 2.26. The molecule has 1 aromatic rings. The first-order chi connectivity index (χ1) is 6.86. The molecule has 14 heavy (non-hydrogen) atoms. The second kappa shape index (κ2) is 4.64. The fourth-order valence-corrected chi connectivity index (χ4v) is 2.70. The quantitative estimate of drug-likeness (QED) is 0.775. The van der Waals surface area contributed by atoms with Crippen LogP contribution in [0.1, 0.15) is 25.7 Å². The maximum Gasteiger partial charge on any atom is 0.165 e. The molecule has 76 valence electrons. The number of carbonyl (C=O) groups excluding carboxylic acids is 1. The largest absolute Gasteiger partial charge is 0.340 e. The zero-order valence-electron chi connectivity index (χ0n) is 8.03. The molecule has 1 heterocycles. The number of rotatable bonds is 4. The summed E-state index contributed by atoms with van der Waals surface area (Å²) < 4.78 is 0. The van der Waals surface area contributed by atoms with Crippen LogP contribution in [0.25, 0.3) is 0 Å². The summed E-state index contributed by atoms with van der Waals surface area (Å²) >= 11 is 1.70. The van der Waals surface area contributed by atoms with Gasteiger partial charge in [0, 0.05) is 30.5 Å². The van der Waals surface area contributed by atoms with Crippen LogP contribution in [0, 0.1) is 5.92 Å². The topological polar surface area (TPSA) is 45.8 Å². The van der Waals surface area contributed by atoms with E-state index in [1.165, 1.54) is 0 Å². The number of imidazole rings is 1. The average Bonchev–Trinajstić information content (AvgIpc) is 2.78. The number of H-pyrrole nitrogens is 1. The van der Waals surface area contributed by atoms with Crippen molar-refractivity contribution >= 4 is 17.5 Å². The van der Waals surface area contributed by atoms with Crippen molar-refractivity contribution in [1.29, 1.82) is 0 Å². The molecule has 0 saturated heterocycles. The van der Waals surface area contributed by atoms with Gasteiger partial charge in [0.15, 0.2) is 5.16 Å². The summed E-state index contributed by atoms with van der Waals surface area (Å²) in [6, 6.07) is 0. The number of aromatic amines is 1. The Bertz CT molecular complexity index is 297. The second-order valence-corrected chi connectivity index (χ2v) is 4.67. The number of Topliss-reactive ketones (excluding diaryl/α,β-unsaturated/α-hetero) is 1. The predicted molar refractivity (Wildman–Crippen MR) is 56.3 cm³/mol. The Labute approximate surface area is 87.7 Å². The van der Waals surface area contributed by atoms with Crippen molar-refractivity contribution < 1.29 is 4.79 Å². The van der Waals surface area contributed by atoms with Crippen LogP contribution >= 0.6 is 11.8 Å². The lowest BCUT2D eigenvalue weighted by Gasteiger charge is -2.05. The van der Waals surface area contributed by atoms with Gasteiger partial charge in [0.05, 0.1) is 0 Å². The highest BCUT2D eigenvalue weighted by Gasteiger charge is 2.23. The smallest absolute Gasteiger partial charge is 0.165 e. The van der Waals surface area contributed by atoms with Gasteiger partial charge in [-0.05, 0) is 19.3 Å². The minimum Gasteiger partial charge on any atom is -0.340 e. The number of nitrogens with one attached hydrogen (secondary N) is 1. The summed E-state index contributed by atoms with van der Waals surface area (Å²) in [6.07, 6.45) is 7.57. The maximum absolute atomic E-state index is 11.3. The predicted octanol–water partition coefficient (Wildman–Crippen LogP) is 2.26. The van der Waals surface area contributed by atoms with Crippen molar-refractivity contribution in [3.05, 3.63) is 12.4 Å². The van der Waals surface area contributed by atoms with Crippen LogP contribution in [0.2, 0.25) is 0 Å². The normalized spacial score (nSPS) is 21.7. The van der Waals surface area contributed by atoms with Crippen molar-refractivity contribution in [3.63, 3.8) is 0 Å². The molecule has 0 aromatic carbocycles. The van der Waals surface area contributed by atoms with E-state index < -0.39 is 0 Å². The van der Waals surface area contributed by atoms with Gasteiger partial charge in [-0.1, -0.05) is 11.8 Å². The molecule has 1 saturated carbocycles. The number of aromatic nitrogens is 2. The van der Waals surface area contributed by atoms with Crippen molar-refractivity contribution in [3.8, 4) is 0 Å². The fraction of sp³-hybridized carbons (Fsp3) is 0.600. The van der Waals surface area contributed by atoms with E-state index in [2.05, 4.69) is 9.97 Å². The van der Waals surface area contributed by atoms with Gasteiger partial charge in [-0.25, -0.2) is 4.98 Å². The Balaban J connectivity index is 1.70. The minimum atomic E-state index is 0.331. The van der Waals surface area contributed by atoms with Crippen LogP contribution in [0.5, 0.6) is 0 Å². The van der Waals surface area contributed by atoms with E-state index in [9.17, 15) is 4.79 Å². The van der Waals surface area contributed by atoms with Gasteiger partial charge >= 0.3 is 0 Å². The first-order valence-corrected chi connectivity index (χ1v) is 6.00. The molecule has 1 fully saturated rings. The molecule has 0 bridgehead atoms. The van der Waals surface area contributed by atoms with Crippen molar-refractivity contribution in [2.45, 2.75) is 30.8 Å². The molecular formula is C10H14N2OS. The van der Waals surface area contributed by atoms with Crippen LogP contribution in [-0.2, 0) is 4.79 Å². The summed E-state index contributed by atoms with van der Waals surface area (Å²) in [5.74, 6) is 1.78. The summed E-state index contributed by atoms with van der Waals surface area (Å²) in [5, 5.41) is 0.954. The molecule has 4 heteroatoms. The van der Waals surface area contributed by atoms with Gasteiger partial charge in [0.2, 0.25) is 0 Å². The summed E-state index contributed by atoms with van der Waals surface area (Å²) in [7, 11) is 0. The number of carbonyl (C=O) groups is 1. The number of thioether (sulfide) groups is 1. The van der Waals surface area contributed by atoms with Crippen LogP contribution < -0.4 is 0 Å². The van der Waals surface area contributed by atoms with Gasteiger partial charge in [-0.3, -0.25) is 4.79 Å². The first kappa shape index (κ1) is 9.77. The summed E-state index contributed by atoms with van der Waals surface area (Å²) in [5.41, 5.74) is 0. The average molecular weight is 210 g/mol. The third-order valence-corrected chi connectivity index (χ3v) is 3.55. The van der Waals surface area contributed by atoms with Gasteiger partial charge in [0.1, 0.15) is 5.78 Å². The molecular weight excluding hydrogens is 196 g/mol. The van der Waals surface area contributed by atoms with Gasteiger partial charge in [0.25, 0.3) is 0 Å². The highest BCUT2D eigenvalue weighted by molar-refractivity contribution is 7.99. The molecule has 1 aliphatic carbocycles. The third-order valence-electron chi connectivity index (χ3n) is 2.61. The first-order valence-electron chi connectivity index (χ1n) is 5.01. The van der Waals surface area contributed by atoms with Crippen LogP contribution in [0.15, 0.2) is 17.6 Å². The van der Waals surface area contributed by atoms with E-state index >= 15 is 0 Å². The molecule has 1 aliphatic rings. The second-order valence-electron chi connectivity index (χ2n) is 3.59. The molecule has 1 aromatic heterocycles. The Morgan fingerprint density at radius 3 is 3.21 bits per heavy atom. The molecule has 1 N–H and O–H groups in total. The van der Waals surface area contributed by atoms with Crippen molar-refractivity contribution in [2.75, 3.05) is 5.75 Å². The van der Waals surface area contributed by atoms with Crippen LogP contribution in [-0.4, -0.2) is 21.5 Å². The number of nitrogens with zero attached hydrogens (tertiary/aromatic N) is 1. The fourth-order valence-electron chi connectivity index (χ4n) is 1.82. The molecule has 0 spiro atoms. The Kier molecular flexibility index (Phi) is 3.24. The lowest BCUT2D eigenvalue weighted by molar-refractivity contribution is -0.120. The molecule has 3 nitrogen and oxygen atoms in total. The highest BCUT2D eigenvalue weighted by atomic mass is 32.2. The Morgan fingerprint density at radius 2 is 2.57 bits per heavy atom. The molecule has 0 radical (unpaired) electrons. The van der Waals surface area contributed by atoms with Crippen LogP contribution in [0.3, 0.4) is 0 Å². The number of ketones is 1. The Hall–Kier alpha value is -0.770. The summed E-state index contributed by atoms with van der Waals surface area (Å²) in [6.45, 7) is 0. The van der Waals surface area contributed by atoms with Gasteiger partial charge in [-0.15, -0.1) is 0 Å². The lowest BCUT2D eigenvalue weighted by atomic mass is 10.1. The molecule has 1 atom stereocenters. The van der Waals surface area contributed by atoms with E-state index in [4.69, 9.17) is 0 Å². The molecule has 0 amide bonds. The van der Waals surface area contributed by atoms with Crippen molar-refractivity contribution in [2.24, 2.45) is 5.92 Å². The number of hydrogen-bond donors (Lipinski definition) is 1. The van der Waals surface area contributed by atoms with Crippen LogP contribution in [0.4, 0.5) is 0 Å². The maximum atomic E-state index is 11.3. The van der Waals surface area contributed by atoms with Gasteiger partial charge < -0.3 is 4.98 Å². The standard InChI is InChI=1S/C10H14N2OS/c13-9-3-1-2-8(9)4-7-14-10-11-5-6-12-10/h5-6,8H,1-4,7H2,(H,11,12). The molecule has 1 unspecified atom stereocenters. The van der Waals surface area contributed by atoms with E-state index in [0.29, 0.717) is 11.7 Å². The molecule has 0 aliphatic heterocycles. The van der Waals surface area contributed by atoms with E-state index in [0.717, 1.165) is 36.6 Å². The van der Waals surface area contributed by atoms with E-state index in [1.807, 2.05) is 6.20 Å². The zero-order valence-corrected chi connectivity index (χ0v) is 8.85. The SMILES string of the molecule is O=C1CCCC1CCSc1ncc[nH]1. The van der Waals surface area contributed by atoms with E-state index in [1.54, 1.807) is 18.0 Å². The van der Waals surface area contributed by atoms with Gasteiger partial charge in [-0.2, -0.15) is 0 Å². The third kappa shape index (κ3) is 2.38. The number of hydrogen-bond acceptors (Lipinski definition) is 3. The monoisotopic (exact) mass is 210 g/mol. The zero-order chi connectivity index (χ0) is 9.80. The van der Waals surface area contributed by atoms with Crippen molar-refractivity contribution in [1.82, 2.24) is 9.97 Å².